The van der Waals surface area contributed by atoms with E-state index < -0.39 is 0 Å². The highest BCUT2D eigenvalue weighted by Crippen LogP contribution is 2.62. The van der Waals surface area contributed by atoms with Gasteiger partial charge in [-0.3, -0.25) is 9.13 Å². The lowest BCUT2D eigenvalue weighted by atomic mass is 10.2. The van der Waals surface area contributed by atoms with Crippen LogP contribution in [0.5, 0.6) is 0 Å². The van der Waals surface area contributed by atoms with Gasteiger partial charge in [0.2, 0.25) is 0 Å². The number of nitrogens with zero attached hydrogens (tertiary/aromatic N) is 4. The van der Waals surface area contributed by atoms with Crippen LogP contribution in [0.2, 0.25) is 0 Å². The summed E-state index contributed by atoms with van der Waals surface area (Å²) in [5.41, 5.74) is 1.14. The first-order valence-corrected chi connectivity index (χ1v) is 7.55. The molecule has 3 aliphatic rings. The molecule has 2 aromatic heterocycles. The summed E-state index contributed by atoms with van der Waals surface area (Å²) in [4.78, 5) is 21.9. The molecule has 0 radical (unpaired) electrons. The molecule has 21 heavy (non-hydrogen) atoms. The second kappa shape index (κ2) is 3.44. The topological polar surface area (TPSA) is 74.0 Å². The number of rotatable bonds is 1. The molecule has 7 nitrogen and oxygen atoms in total. The minimum absolute atomic E-state index is 0.0194. The van der Waals surface area contributed by atoms with E-state index in [1.807, 2.05) is 11.5 Å². The Hall–Kier alpha value is -1.54. The molecule has 1 saturated heterocycles. The van der Waals surface area contributed by atoms with Crippen LogP contribution in [-0.4, -0.2) is 43.6 Å². The summed E-state index contributed by atoms with van der Waals surface area (Å²) in [5.74, 6) is 1.42. The summed E-state index contributed by atoms with van der Waals surface area (Å²) < 4.78 is 8.94. The molecule has 2 atom stereocenters. The number of fused-ring (bicyclic) bond motifs is 1. The second-order valence-electron chi connectivity index (χ2n) is 6.22. The number of nitrogens with one attached hydrogen (secondary N) is 1. The summed E-state index contributed by atoms with van der Waals surface area (Å²) in [5, 5.41) is 3.26. The Labute approximate surface area is 125 Å². The molecular formula is C13H15N5O2S. The van der Waals surface area contributed by atoms with Crippen LogP contribution in [0.4, 0.5) is 5.82 Å². The van der Waals surface area contributed by atoms with Crippen molar-refractivity contribution in [2.75, 3.05) is 25.1 Å². The number of hydrogen-bond acceptors (Lipinski definition) is 6. The van der Waals surface area contributed by atoms with E-state index in [1.54, 1.807) is 4.57 Å². The molecular weight excluding hydrogens is 290 g/mol. The molecule has 8 heteroatoms. The van der Waals surface area contributed by atoms with Crippen molar-refractivity contribution >= 4 is 29.6 Å². The average molecular weight is 305 g/mol. The summed E-state index contributed by atoms with van der Waals surface area (Å²) in [6.45, 7) is 4.31. The van der Waals surface area contributed by atoms with E-state index in [0.717, 1.165) is 17.8 Å². The van der Waals surface area contributed by atoms with Crippen LogP contribution < -0.4 is 11.0 Å². The summed E-state index contributed by atoms with van der Waals surface area (Å²) >= 11 is 4.75. The molecule has 2 fully saturated rings. The normalized spacial score (nSPS) is 33.0. The average Bonchev–Trinajstić information content (AvgIpc) is 2.73. The van der Waals surface area contributed by atoms with Gasteiger partial charge < -0.3 is 10.1 Å². The van der Waals surface area contributed by atoms with E-state index in [2.05, 4.69) is 15.3 Å². The van der Waals surface area contributed by atoms with Crippen LogP contribution in [0, 0.1) is 6.92 Å². The number of ether oxygens (including phenoxy) is 1. The van der Waals surface area contributed by atoms with Gasteiger partial charge in [-0.25, -0.2) is 14.8 Å². The smallest absolute Gasteiger partial charge is 0.331 e. The number of hydrogen-bond donors (Lipinski definition) is 2. The fourth-order valence-corrected chi connectivity index (χ4v) is 4.33. The fourth-order valence-electron chi connectivity index (χ4n) is 3.82. The Kier molecular flexibility index (Phi) is 1.97. The van der Waals surface area contributed by atoms with Gasteiger partial charge in [0, 0.05) is 13.1 Å². The van der Waals surface area contributed by atoms with Gasteiger partial charge in [0.05, 0.1) is 23.5 Å². The van der Waals surface area contributed by atoms with Crippen LogP contribution in [-0.2, 0) is 16.8 Å². The zero-order valence-electron chi connectivity index (χ0n) is 11.6. The highest BCUT2D eigenvalue weighted by atomic mass is 32.1. The van der Waals surface area contributed by atoms with E-state index in [4.69, 9.17) is 17.4 Å². The highest BCUT2D eigenvalue weighted by molar-refractivity contribution is 7.82. The van der Waals surface area contributed by atoms with Crippen molar-refractivity contribution in [3.05, 3.63) is 16.3 Å². The zero-order valence-corrected chi connectivity index (χ0v) is 12.5. The van der Waals surface area contributed by atoms with Crippen molar-refractivity contribution in [1.29, 1.82) is 0 Å². The van der Waals surface area contributed by atoms with Gasteiger partial charge in [0.1, 0.15) is 11.3 Å². The molecule has 1 N–H and O–H groups in total. The maximum Gasteiger partial charge on any atom is 0.331 e. The molecule has 0 amide bonds. The molecule has 1 aliphatic carbocycles. The van der Waals surface area contributed by atoms with E-state index >= 15 is 0 Å². The Morgan fingerprint density at radius 3 is 2.95 bits per heavy atom. The minimum Gasteiger partial charge on any atom is -0.377 e. The zero-order chi connectivity index (χ0) is 14.4. The lowest BCUT2D eigenvalue weighted by Crippen LogP contribution is -2.37. The first-order valence-electron chi connectivity index (χ1n) is 7.10. The van der Waals surface area contributed by atoms with Crippen molar-refractivity contribution < 1.29 is 4.74 Å². The Morgan fingerprint density at radius 1 is 1.38 bits per heavy atom. The third kappa shape index (κ3) is 1.24. The SMILES string of the molecule is Cc1nc2c3c(n1)n(C14COCC1(S)C4)c(=O)n3CCN2. The number of thiol groups is 1. The van der Waals surface area contributed by atoms with Crippen LogP contribution in [0.25, 0.3) is 11.2 Å². The van der Waals surface area contributed by atoms with Gasteiger partial charge in [-0.2, -0.15) is 12.6 Å². The lowest BCUT2D eigenvalue weighted by Gasteiger charge is -2.15. The molecule has 4 heterocycles. The number of aryl methyl sites for hydroxylation is 1. The van der Waals surface area contributed by atoms with Gasteiger partial charge in [-0.05, 0) is 13.3 Å². The summed E-state index contributed by atoms with van der Waals surface area (Å²) in [7, 11) is 0. The Morgan fingerprint density at radius 2 is 2.24 bits per heavy atom. The van der Waals surface area contributed by atoms with Crippen molar-refractivity contribution in [2.24, 2.45) is 0 Å². The van der Waals surface area contributed by atoms with Crippen molar-refractivity contribution in [3.63, 3.8) is 0 Å². The quantitative estimate of drug-likeness (QED) is 0.732. The van der Waals surface area contributed by atoms with Crippen LogP contribution >= 0.6 is 12.6 Å². The number of imidazole rings is 1. The predicted molar refractivity (Wildman–Crippen MR) is 80.1 cm³/mol. The molecule has 110 valence electrons. The first kappa shape index (κ1) is 12.0. The van der Waals surface area contributed by atoms with Crippen molar-refractivity contribution in [2.45, 2.75) is 30.2 Å². The molecule has 0 spiro atoms. The lowest BCUT2D eigenvalue weighted by molar-refractivity contribution is 0.149. The Balaban J connectivity index is 1.91. The van der Waals surface area contributed by atoms with E-state index in [0.29, 0.717) is 37.8 Å². The predicted octanol–water partition coefficient (Wildman–Crippen LogP) is 0.125. The Bertz CT molecular complexity index is 854. The van der Waals surface area contributed by atoms with Gasteiger partial charge in [-0.15, -0.1) is 0 Å². The van der Waals surface area contributed by atoms with Crippen molar-refractivity contribution in [3.8, 4) is 0 Å². The summed E-state index contributed by atoms with van der Waals surface area (Å²) in [6.07, 6.45) is 0.855. The maximum absolute atomic E-state index is 12.9. The monoisotopic (exact) mass is 305 g/mol. The van der Waals surface area contributed by atoms with Gasteiger partial charge in [0.25, 0.3) is 0 Å². The van der Waals surface area contributed by atoms with Crippen molar-refractivity contribution in [1.82, 2.24) is 19.1 Å². The van der Waals surface area contributed by atoms with E-state index in [9.17, 15) is 4.79 Å². The van der Waals surface area contributed by atoms with Gasteiger partial charge in [0.15, 0.2) is 11.5 Å². The molecule has 2 aliphatic heterocycles. The largest absolute Gasteiger partial charge is 0.377 e. The molecule has 2 aromatic rings. The molecule has 5 rings (SSSR count). The second-order valence-corrected chi connectivity index (χ2v) is 7.08. The van der Waals surface area contributed by atoms with Crippen LogP contribution in [0.1, 0.15) is 12.2 Å². The van der Waals surface area contributed by atoms with Gasteiger partial charge >= 0.3 is 5.69 Å². The minimum atomic E-state index is -0.348. The number of aromatic nitrogens is 4. The fraction of sp³-hybridized carbons (Fsp3) is 0.615. The first-order chi connectivity index (χ1) is 10.1. The number of anilines is 1. The standard InChI is InChI=1S/C13H15N5O2S/c1-7-15-9-8-10(16-7)18(11(19)17(8)3-2-14-9)12-4-13(12,21)6-20-5-12/h21H,2-6H2,1H3,(H,14,15,16). The van der Waals surface area contributed by atoms with Gasteiger partial charge in [-0.1, -0.05) is 0 Å². The molecule has 0 aromatic carbocycles. The van der Waals surface area contributed by atoms with Crippen LogP contribution in [0.3, 0.4) is 0 Å². The molecule has 2 unspecified atom stereocenters. The third-order valence-corrected chi connectivity index (χ3v) is 5.65. The van der Waals surface area contributed by atoms with E-state index in [-0.39, 0.29) is 16.0 Å². The third-order valence-electron chi connectivity index (χ3n) is 4.95. The van der Waals surface area contributed by atoms with E-state index in [1.165, 1.54) is 0 Å². The highest BCUT2D eigenvalue weighted by Gasteiger charge is 2.72. The summed E-state index contributed by atoms with van der Waals surface area (Å²) in [6, 6.07) is 0. The van der Waals surface area contributed by atoms with Crippen LogP contribution in [0.15, 0.2) is 4.79 Å². The molecule has 0 bridgehead atoms. The maximum atomic E-state index is 12.9. The molecule has 1 saturated carbocycles.